The number of rotatable bonds is 0. The highest BCUT2D eigenvalue weighted by atomic mass is 15.2. The van der Waals surface area contributed by atoms with Crippen molar-refractivity contribution < 1.29 is 0 Å². The van der Waals surface area contributed by atoms with E-state index in [1.165, 1.54) is 27.7 Å². The monoisotopic (exact) mass is 198 g/mol. The molecule has 0 radical (unpaired) electrons. The molecule has 0 fully saturated rings. The predicted molar refractivity (Wildman–Crippen MR) is 65.4 cm³/mol. The van der Waals surface area contributed by atoms with Gasteiger partial charge in [-0.25, -0.2) is 0 Å². The van der Waals surface area contributed by atoms with E-state index in [0.29, 0.717) is 6.17 Å². The van der Waals surface area contributed by atoms with Gasteiger partial charge in [0, 0.05) is 5.39 Å². The molecular weight excluding hydrogens is 184 g/mol. The molecule has 0 bridgehead atoms. The molecule has 2 heteroatoms. The normalized spacial score (nSPS) is 18.4. The van der Waals surface area contributed by atoms with E-state index in [0.717, 1.165) is 0 Å². The molecule has 3 rings (SSSR count). The fourth-order valence-electron chi connectivity index (χ4n) is 2.32. The van der Waals surface area contributed by atoms with Crippen molar-refractivity contribution in [3.05, 3.63) is 35.9 Å². The Hall–Kier alpha value is -1.70. The Bertz CT molecular complexity index is 531. The number of hydrogen-bond acceptors (Lipinski definition) is 2. The molecule has 15 heavy (non-hydrogen) atoms. The molecule has 2 aromatic carbocycles. The van der Waals surface area contributed by atoms with Gasteiger partial charge in [-0.15, -0.1) is 0 Å². The summed E-state index contributed by atoms with van der Waals surface area (Å²) in [4.78, 5) is 0. The lowest BCUT2D eigenvalue weighted by Crippen LogP contribution is -2.16. The second-order valence-electron chi connectivity index (χ2n) is 4.17. The Morgan fingerprint density at radius 3 is 2.80 bits per heavy atom. The molecule has 1 unspecified atom stereocenters. The van der Waals surface area contributed by atoms with Gasteiger partial charge in [0.05, 0.1) is 17.5 Å². The van der Waals surface area contributed by atoms with Crippen LogP contribution in [-0.4, -0.2) is 6.17 Å². The van der Waals surface area contributed by atoms with Crippen molar-refractivity contribution in [3.8, 4) is 0 Å². The van der Waals surface area contributed by atoms with Gasteiger partial charge in [0.25, 0.3) is 0 Å². The van der Waals surface area contributed by atoms with Crippen molar-refractivity contribution >= 4 is 22.1 Å². The van der Waals surface area contributed by atoms with Gasteiger partial charge in [0.15, 0.2) is 0 Å². The lowest BCUT2D eigenvalue weighted by molar-refractivity contribution is 0.956. The first-order valence-corrected chi connectivity index (χ1v) is 5.31. The highest BCUT2D eigenvalue weighted by Crippen LogP contribution is 2.37. The van der Waals surface area contributed by atoms with Crippen LogP contribution in [0.25, 0.3) is 10.8 Å². The number of hydrogen-bond donors (Lipinski definition) is 2. The van der Waals surface area contributed by atoms with Crippen LogP contribution < -0.4 is 10.6 Å². The SMILES string of the molecule is Cc1cccc2ccc3c(c12)NC(C)N3. The minimum Gasteiger partial charge on any atom is -0.364 e. The van der Waals surface area contributed by atoms with E-state index >= 15 is 0 Å². The van der Waals surface area contributed by atoms with Crippen LogP contribution in [-0.2, 0) is 0 Å². The molecule has 1 heterocycles. The van der Waals surface area contributed by atoms with Crippen molar-refractivity contribution in [1.29, 1.82) is 0 Å². The molecule has 0 spiro atoms. The lowest BCUT2D eigenvalue weighted by Gasteiger charge is -2.07. The van der Waals surface area contributed by atoms with Gasteiger partial charge in [-0.1, -0.05) is 24.3 Å². The van der Waals surface area contributed by atoms with E-state index in [-0.39, 0.29) is 0 Å². The van der Waals surface area contributed by atoms with Crippen molar-refractivity contribution in [2.24, 2.45) is 0 Å². The van der Waals surface area contributed by atoms with Gasteiger partial charge in [0.1, 0.15) is 0 Å². The van der Waals surface area contributed by atoms with Crippen molar-refractivity contribution in [1.82, 2.24) is 0 Å². The smallest absolute Gasteiger partial charge is 0.0936 e. The maximum Gasteiger partial charge on any atom is 0.0936 e. The summed E-state index contributed by atoms with van der Waals surface area (Å²) in [6, 6.07) is 10.7. The first-order chi connectivity index (χ1) is 7.25. The fraction of sp³-hybridized carbons (Fsp3) is 0.231. The zero-order chi connectivity index (χ0) is 10.4. The van der Waals surface area contributed by atoms with Crippen LogP contribution in [0.3, 0.4) is 0 Å². The Morgan fingerprint density at radius 2 is 1.93 bits per heavy atom. The average molecular weight is 198 g/mol. The van der Waals surface area contributed by atoms with Gasteiger partial charge in [-0.05, 0) is 30.9 Å². The topological polar surface area (TPSA) is 24.1 Å². The summed E-state index contributed by atoms with van der Waals surface area (Å²) in [7, 11) is 0. The van der Waals surface area contributed by atoms with Crippen LogP contribution in [0.1, 0.15) is 12.5 Å². The zero-order valence-electron chi connectivity index (χ0n) is 8.96. The highest BCUT2D eigenvalue weighted by molar-refractivity contribution is 6.03. The number of fused-ring (bicyclic) bond motifs is 3. The van der Waals surface area contributed by atoms with E-state index in [1.54, 1.807) is 0 Å². The maximum atomic E-state index is 3.47. The van der Waals surface area contributed by atoms with Gasteiger partial charge < -0.3 is 10.6 Å². The minimum absolute atomic E-state index is 0.324. The molecule has 0 aliphatic carbocycles. The van der Waals surface area contributed by atoms with E-state index in [4.69, 9.17) is 0 Å². The molecule has 1 aliphatic heterocycles. The molecule has 0 saturated carbocycles. The average Bonchev–Trinajstić information content (AvgIpc) is 2.58. The summed E-state index contributed by atoms with van der Waals surface area (Å²) in [5, 5.41) is 9.52. The lowest BCUT2D eigenvalue weighted by atomic mass is 10.0. The minimum atomic E-state index is 0.324. The zero-order valence-corrected chi connectivity index (χ0v) is 8.96. The summed E-state index contributed by atoms with van der Waals surface area (Å²) >= 11 is 0. The van der Waals surface area contributed by atoms with Gasteiger partial charge in [-0.2, -0.15) is 0 Å². The molecule has 0 saturated heterocycles. The largest absolute Gasteiger partial charge is 0.364 e. The molecule has 1 atom stereocenters. The quantitative estimate of drug-likeness (QED) is 0.678. The third-order valence-corrected chi connectivity index (χ3v) is 2.99. The standard InChI is InChI=1S/C13H14N2/c1-8-4-3-5-10-6-7-11-13(12(8)10)15-9(2)14-11/h3-7,9,14-15H,1-2H3. The van der Waals surface area contributed by atoms with Crippen molar-refractivity contribution in [2.75, 3.05) is 10.6 Å². The number of anilines is 2. The van der Waals surface area contributed by atoms with E-state index in [9.17, 15) is 0 Å². The third kappa shape index (κ3) is 1.18. The van der Waals surface area contributed by atoms with E-state index in [1.807, 2.05) is 0 Å². The first kappa shape index (κ1) is 8.60. The number of nitrogens with one attached hydrogen (secondary N) is 2. The van der Waals surface area contributed by atoms with Crippen molar-refractivity contribution in [2.45, 2.75) is 20.0 Å². The van der Waals surface area contributed by atoms with Crippen LogP contribution in [0.2, 0.25) is 0 Å². The molecular formula is C13H14N2. The summed E-state index contributed by atoms with van der Waals surface area (Å²) in [5.41, 5.74) is 3.79. The maximum absolute atomic E-state index is 3.47. The summed E-state index contributed by atoms with van der Waals surface area (Å²) < 4.78 is 0. The second-order valence-corrected chi connectivity index (χ2v) is 4.17. The van der Waals surface area contributed by atoms with Crippen molar-refractivity contribution in [3.63, 3.8) is 0 Å². The Balaban J connectivity index is 2.38. The molecule has 2 nitrogen and oxygen atoms in total. The van der Waals surface area contributed by atoms with Crippen LogP contribution in [0.5, 0.6) is 0 Å². The van der Waals surface area contributed by atoms with Crippen LogP contribution >= 0.6 is 0 Å². The highest BCUT2D eigenvalue weighted by Gasteiger charge is 2.18. The van der Waals surface area contributed by atoms with Gasteiger partial charge in [-0.3, -0.25) is 0 Å². The first-order valence-electron chi connectivity index (χ1n) is 5.31. The molecule has 0 aromatic heterocycles. The second kappa shape index (κ2) is 2.89. The van der Waals surface area contributed by atoms with Gasteiger partial charge in [0.2, 0.25) is 0 Å². The summed E-state index contributed by atoms with van der Waals surface area (Å²) in [5.74, 6) is 0. The Kier molecular flexibility index (Phi) is 1.66. The molecule has 2 aromatic rings. The van der Waals surface area contributed by atoms with Gasteiger partial charge >= 0.3 is 0 Å². The number of aryl methyl sites for hydroxylation is 1. The molecule has 0 amide bonds. The van der Waals surface area contributed by atoms with Crippen LogP contribution in [0.15, 0.2) is 30.3 Å². The Morgan fingerprint density at radius 1 is 1.07 bits per heavy atom. The predicted octanol–water partition coefficient (Wildman–Crippen LogP) is 3.33. The van der Waals surface area contributed by atoms with E-state index < -0.39 is 0 Å². The molecule has 76 valence electrons. The summed E-state index contributed by atoms with van der Waals surface area (Å²) in [6.45, 7) is 4.29. The number of benzene rings is 2. The molecule has 1 aliphatic rings. The Labute approximate surface area is 89.3 Å². The van der Waals surface area contributed by atoms with E-state index in [2.05, 4.69) is 54.8 Å². The fourth-order valence-corrected chi connectivity index (χ4v) is 2.32. The molecule has 2 N–H and O–H groups in total. The summed E-state index contributed by atoms with van der Waals surface area (Å²) in [6.07, 6.45) is 0.324. The van der Waals surface area contributed by atoms with Crippen LogP contribution in [0.4, 0.5) is 11.4 Å². The van der Waals surface area contributed by atoms with Crippen LogP contribution in [0, 0.1) is 6.92 Å². The third-order valence-electron chi connectivity index (χ3n) is 2.99.